The predicted octanol–water partition coefficient (Wildman–Crippen LogP) is 5.83. The van der Waals surface area contributed by atoms with Crippen molar-refractivity contribution in [2.45, 2.75) is 18.8 Å². The second kappa shape index (κ2) is 5.71. The van der Waals surface area contributed by atoms with Crippen LogP contribution in [0.15, 0.2) is 49.0 Å². The molecule has 0 bridgehead atoms. The van der Waals surface area contributed by atoms with Crippen LogP contribution in [0.5, 0.6) is 11.5 Å². The van der Waals surface area contributed by atoms with Crippen LogP contribution in [0.1, 0.15) is 30.0 Å². The van der Waals surface area contributed by atoms with Gasteiger partial charge in [0.1, 0.15) is 23.1 Å². The van der Waals surface area contributed by atoms with Crippen molar-refractivity contribution < 1.29 is 13.5 Å². The Bertz CT molecular complexity index is 948. The van der Waals surface area contributed by atoms with E-state index in [0.29, 0.717) is 28.3 Å². The van der Waals surface area contributed by atoms with Gasteiger partial charge < -0.3 is 4.74 Å². The minimum Gasteiger partial charge on any atom is -0.456 e. The minimum absolute atomic E-state index is 0.358. The average Bonchev–Trinajstić information content (AvgIpc) is 3.40. The molecule has 4 rings (SSSR count). The van der Waals surface area contributed by atoms with Gasteiger partial charge in [0.25, 0.3) is 0 Å². The zero-order valence-corrected chi connectivity index (χ0v) is 12.9. The Kier molecular flexibility index (Phi) is 3.53. The molecule has 4 heteroatoms. The molecule has 0 atom stereocenters. The van der Waals surface area contributed by atoms with Crippen LogP contribution in [0.25, 0.3) is 17.0 Å². The fraction of sp³-hybridized carbons (Fsp3) is 0.150. The van der Waals surface area contributed by atoms with E-state index in [-0.39, 0.29) is 11.6 Å². The van der Waals surface area contributed by atoms with Crippen LogP contribution < -0.4 is 4.74 Å². The zero-order chi connectivity index (χ0) is 16.7. The molecule has 0 amide bonds. The normalized spacial score (nSPS) is 13.9. The van der Waals surface area contributed by atoms with Crippen LogP contribution in [0, 0.1) is 11.6 Å². The topological polar surface area (TPSA) is 22.1 Å². The molecular weight excluding hydrogens is 308 g/mol. The standard InChI is InChI=1S/C20H15F2NO/c1-2-16-19(12-6-7-12)23-18-9-8-14(22)11-17(18)20(16)24-15-5-3-4-13(21)10-15/h2-5,8-12H,1,6-7H2. The third kappa shape index (κ3) is 2.64. The van der Waals surface area contributed by atoms with Gasteiger partial charge in [-0.25, -0.2) is 8.78 Å². The predicted molar refractivity (Wildman–Crippen MR) is 90.2 cm³/mol. The summed E-state index contributed by atoms with van der Waals surface area (Å²) in [6, 6.07) is 10.3. The number of rotatable bonds is 4. The number of hydrogen-bond acceptors (Lipinski definition) is 2. The van der Waals surface area contributed by atoms with E-state index in [1.807, 2.05) is 0 Å². The molecule has 1 heterocycles. The van der Waals surface area contributed by atoms with Crippen molar-refractivity contribution in [1.29, 1.82) is 0 Å². The van der Waals surface area contributed by atoms with Crippen LogP contribution in [0.4, 0.5) is 8.78 Å². The molecule has 1 aliphatic rings. The van der Waals surface area contributed by atoms with Crippen LogP contribution in [0.2, 0.25) is 0 Å². The zero-order valence-electron chi connectivity index (χ0n) is 12.9. The number of hydrogen-bond donors (Lipinski definition) is 0. The van der Waals surface area contributed by atoms with Crippen molar-refractivity contribution in [2.24, 2.45) is 0 Å². The Labute approximate surface area is 138 Å². The van der Waals surface area contributed by atoms with E-state index in [1.54, 1.807) is 24.3 Å². The first-order chi connectivity index (χ1) is 11.7. The molecule has 1 saturated carbocycles. The maximum absolute atomic E-state index is 13.8. The summed E-state index contributed by atoms with van der Waals surface area (Å²) in [6.45, 7) is 3.86. The molecule has 3 aromatic rings. The Morgan fingerprint density at radius 3 is 2.58 bits per heavy atom. The Morgan fingerprint density at radius 1 is 1.08 bits per heavy atom. The summed E-state index contributed by atoms with van der Waals surface area (Å²) >= 11 is 0. The summed E-state index contributed by atoms with van der Waals surface area (Å²) in [7, 11) is 0. The fourth-order valence-corrected chi connectivity index (χ4v) is 2.86. The van der Waals surface area contributed by atoms with Gasteiger partial charge in [-0.15, -0.1) is 0 Å². The van der Waals surface area contributed by atoms with Gasteiger partial charge >= 0.3 is 0 Å². The summed E-state index contributed by atoms with van der Waals surface area (Å²) in [6.07, 6.45) is 3.82. The van der Waals surface area contributed by atoms with Gasteiger partial charge in [-0.3, -0.25) is 4.98 Å². The molecule has 0 saturated heterocycles. The van der Waals surface area contributed by atoms with Crippen molar-refractivity contribution in [1.82, 2.24) is 4.98 Å². The number of benzene rings is 2. The highest BCUT2D eigenvalue weighted by Crippen LogP contribution is 2.46. The van der Waals surface area contributed by atoms with E-state index in [4.69, 9.17) is 4.74 Å². The van der Waals surface area contributed by atoms with Crippen LogP contribution in [-0.2, 0) is 0 Å². The average molecular weight is 323 g/mol. The van der Waals surface area contributed by atoms with Gasteiger partial charge in [0.2, 0.25) is 0 Å². The van der Waals surface area contributed by atoms with Crippen molar-refractivity contribution >= 4 is 17.0 Å². The van der Waals surface area contributed by atoms with E-state index >= 15 is 0 Å². The molecule has 1 aliphatic carbocycles. The first kappa shape index (κ1) is 14.8. The molecule has 0 spiro atoms. The van der Waals surface area contributed by atoms with Gasteiger partial charge in [-0.1, -0.05) is 18.7 Å². The van der Waals surface area contributed by atoms with Crippen LogP contribution in [0.3, 0.4) is 0 Å². The Balaban J connectivity index is 1.95. The SMILES string of the molecule is C=Cc1c(C2CC2)nc2ccc(F)cc2c1Oc1cccc(F)c1. The van der Waals surface area contributed by atoms with Gasteiger partial charge in [0, 0.05) is 22.9 Å². The molecule has 120 valence electrons. The third-order valence-corrected chi connectivity index (χ3v) is 4.15. The second-order valence-electron chi connectivity index (χ2n) is 5.94. The molecule has 1 fully saturated rings. The quantitative estimate of drug-likeness (QED) is 0.603. The number of nitrogens with zero attached hydrogens (tertiary/aromatic N) is 1. The summed E-state index contributed by atoms with van der Waals surface area (Å²) in [5.41, 5.74) is 2.32. The highest BCUT2D eigenvalue weighted by Gasteiger charge is 2.29. The maximum atomic E-state index is 13.8. The lowest BCUT2D eigenvalue weighted by Crippen LogP contribution is -1.99. The maximum Gasteiger partial charge on any atom is 0.145 e. The molecule has 24 heavy (non-hydrogen) atoms. The molecular formula is C20H15F2NO. The first-order valence-corrected chi connectivity index (χ1v) is 7.84. The molecule has 0 N–H and O–H groups in total. The highest BCUT2D eigenvalue weighted by atomic mass is 19.1. The summed E-state index contributed by atoms with van der Waals surface area (Å²) in [4.78, 5) is 4.68. The van der Waals surface area contributed by atoms with Crippen molar-refractivity contribution in [2.75, 3.05) is 0 Å². The highest BCUT2D eigenvalue weighted by molar-refractivity contribution is 5.90. The summed E-state index contributed by atoms with van der Waals surface area (Å²) in [5.74, 6) is 0.447. The second-order valence-corrected chi connectivity index (χ2v) is 5.94. The van der Waals surface area contributed by atoms with Crippen LogP contribution in [-0.4, -0.2) is 4.98 Å². The largest absolute Gasteiger partial charge is 0.456 e. The lowest BCUT2D eigenvalue weighted by Gasteiger charge is -2.15. The smallest absolute Gasteiger partial charge is 0.145 e. The molecule has 0 aliphatic heterocycles. The van der Waals surface area contributed by atoms with Gasteiger partial charge in [-0.2, -0.15) is 0 Å². The molecule has 2 nitrogen and oxygen atoms in total. The summed E-state index contributed by atoms with van der Waals surface area (Å²) < 4.78 is 33.2. The summed E-state index contributed by atoms with van der Waals surface area (Å²) in [5, 5.41) is 0.554. The van der Waals surface area contributed by atoms with Crippen molar-refractivity contribution in [3.8, 4) is 11.5 Å². The van der Waals surface area contributed by atoms with E-state index < -0.39 is 0 Å². The Morgan fingerprint density at radius 2 is 1.88 bits per heavy atom. The minimum atomic E-state index is -0.389. The van der Waals surface area contributed by atoms with Crippen molar-refractivity contribution in [3.05, 3.63) is 71.9 Å². The van der Waals surface area contributed by atoms with Gasteiger partial charge in [0.05, 0.1) is 11.2 Å². The van der Waals surface area contributed by atoms with Gasteiger partial charge in [-0.05, 0) is 43.2 Å². The number of pyridine rings is 1. The number of halogens is 2. The van der Waals surface area contributed by atoms with E-state index in [1.165, 1.54) is 24.3 Å². The molecule has 0 radical (unpaired) electrons. The first-order valence-electron chi connectivity index (χ1n) is 7.84. The fourth-order valence-electron chi connectivity index (χ4n) is 2.86. The van der Waals surface area contributed by atoms with Crippen LogP contribution >= 0.6 is 0 Å². The number of ether oxygens (including phenoxy) is 1. The van der Waals surface area contributed by atoms with Crippen molar-refractivity contribution in [3.63, 3.8) is 0 Å². The van der Waals surface area contributed by atoms with E-state index in [2.05, 4.69) is 11.6 Å². The lowest BCUT2D eigenvalue weighted by molar-refractivity contribution is 0.479. The molecule has 1 aromatic heterocycles. The number of aromatic nitrogens is 1. The molecule has 2 aromatic carbocycles. The Hall–Kier alpha value is -2.75. The number of fused-ring (bicyclic) bond motifs is 1. The molecule has 0 unspecified atom stereocenters. The lowest BCUT2D eigenvalue weighted by atomic mass is 10.0. The monoisotopic (exact) mass is 323 g/mol. The third-order valence-electron chi connectivity index (χ3n) is 4.15. The van der Waals surface area contributed by atoms with E-state index in [0.717, 1.165) is 24.1 Å². The van der Waals surface area contributed by atoms with E-state index in [9.17, 15) is 8.78 Å². The van der Waals surface area contributed by atoms with Gasteiger partial charge in [0.15, 0.2) is 0 Å².